The van der Waals surface area contributed by atoms with Gasteiger partial charge in [-0.15, -0.1) is 0 Å². The van der Waals surface area contributed by atoms with Crippen molar-refractivity contribution in [1.29, 1.82) is 0 Å². The molecule has 0 unspecified atom stereocenters. The van der Waals surface area contributed by atoms with E-state index in [1.165, 1.54) is 0 Å². The van der Waals surface area contributed by atoms with E-state index in [-0.39, 0.29) is 12.1 Å². The Morgan fingerprint density at radius 3 is 2.74 bits per heavy atom. The van der Waals surface area contributed by atoms with Gasteiger partial charge in [0.25, 0.3) is 0 Å². The van der Waals surface area contributed by atoms with Gasteiger partial charge in [0.2, 0.25) is 10.0 Å². The summed E-state index contributed by atoms with van der Waals surface area (Å²) < 4.78 is 32.3. The second-order valence-electron chi connectivity index (χ2n) is 4.83. The highest BCUT2D eigenvalue weighted by molar-refractivity contribution is 7.89. The SMILES string of the molecule is CNCc1cccc(S(=O)(=O)NC2CC(OC)C2)c1. The molecule has 6 heteroatoms. The van der Waals surface area contributed by atoms with Crippen LogP contribution in [0.4, 0.5) is 0 Å². The van der Waals surface area contributed by atoms with Crippen LogP contribution in [0.3, 0.4) is 0 Å². The Morgan fingerprint density at radius 2 is 2.11 bits per heavy atom. The van der Waals surface area contributed by atoms with Crippen molar-refractivity contribution in [1.82, 2.24) is 10.0 Å². The van der Waals surface area contributed by atoms with Gasteiger partial charge < -0.3 is 10.1 Å². The molecule has 5 nitrogen and oxygen atoms in total. The molecule has 0 saturated heterocycles. The summed E-state index contributed by atoms with van der Waals surface area (Å²) in [5.74, 6) is 0. The molecule has 0 heterocycles. The van der Waals surface area contributed by atoms with Crippen LogP contribution in [0.5, 0.6) is 0 Å². The summed E-state index contributed by atoms with van der Waals surface area (Å²) in [6.07, 6.45) is 1.67. The summed E-state index contributed by atoms with van der Waals surface area (Å²) in [5, 5.41) is 3.01. The van der Waals surface area contributed by atoms with E-state index in [4.69, 9.17) is 4.74 Å². The van der Waals surface area contributed by atoms with Crippen LogP contribution in [-0.2, 0) is 21.3 Å². The largest absolute Gasteiger partial charge is 0.381 e. The first kappa shape index (κ1) is 14.5. The second-order valence-corrected chi connectivity index (χ2v) is 6.54. The maximum atomic E-state index is 12.2. The Bertz CT molecular complexity index is 524. The Labute approximate surface area is 114 Å². The number of nitrogens with one attached hydrogen (secondary N) is 2. The summed E-state index contributed by atoms with van der Waals surface area (Å²) >= 11 is 0. The number of rotatable bonds is 6. The molecule has 19 heavy (non-hydrogen) atoms. The minimum absolute atomic E-state index is 0.0112. The van der Waals surface area contributed by atoms with Crippen LogP contribution in [-0.4, -0.2) is 34.7 Å². The molecule has 1 saturated carbocycles. The van der Waals surface area contributed by atoms with Crippen LogP contribution >= 0.6 is 0 Å². The summed E-state index contributed by atoms with van der Waals surface area (Å²) in [7, 11) is 0.0553. The van der Waals surface area contributed by atoms with E-state index in [0.29, 0.717) is 11.4 Å². The fourth-order valence-corrected chi connectivity index (χ4v) is 3.50. The number of hydrogen-bond acceptors (Lipinski definition) is 4. The van der Waals surface area contributed by atoms with Crippen LogP contribution in [0.15, 0.2) is 29.2 Å². The van der Waals surface area contributed by atoms with Gasteiger partial charge in [-0.05, 0) is 37.6 Å². The van der Waals surface area contributed by atoms with Crippen molar-refractivity contribution in [2.45, 2.75) is 36.4 Å². The average molecular weight is 284 g/mol. The number of hydrogen-bond donors (Lipinski definition) is 2. The molecule has 0 bridgehead atoms. The zero-order chi connectivity index (χ0) is 13.9. The average Bonchev–Trinajstić information content (AvgIpc) is 2.34. The highest BCUT2D eigenvalue weighted by Gasteiger charge is 2.32. The highest BCUT2D eigenvalue weighted by atomic mass is 32.2. The molecule has 0 amide bonds. The van der Waals surface area contributed by atoms with Crippen LogP contribution in [0.25, 0.3) is 0 Å². The molecule has 0 spiro atoms. The van der Waals surface area contributed by atoms with Gasteiger partial charge in [0.1, 0.15) is 0 Å². The summed E-state index contributed by atoms with van der Waals surface area (Å²) in [4.78, 5) is 0.320. The van der Waals surface area contributed by atoms with E-state index >= 15 is 0 Å². The normalized spacial score (nSPS) is 23.1. The lowest BCUT2D eigenvalue weighted by atomic mass is 9.90. The van der Waals surface area contributed by atoms with Crippen LogP contribution in [0, 0.1) is 0 Å². The van der Waals surface area contributed by atoms with Crippen molar-refractivity contribution < 1.29 is 13.2 Å². The van der Waals surface area contributed by atoms with Crippen molar-refractivity contribution in [3.63, 3.8) is 0 Å². The predicted molar refractivity (Wildman–Crippen MR) is 73.3 cm³/mol. The fraction of sp³-hybridized carbons (Fsp3) is 0.538. The molecular formula is C13H20N2O3S. The zero-order valence-corrected chi connectivity index (χ0v) is 12.0. The molecule has 2 N–H and O–H groups in total. The Balaban J connectivity index is 2.05. The Hall–Kier alpha value is -0.950. The molecule has 1 aliphatic carbocycles. The molecule has 106 valence electrons. The first-order valence-corrected chi connectivity index (χ1v) is 7.82. The summed E-state index contributed by atoms with van der Waals surface area (Å²) in [6.45, 7) is 0.651. The van der Waals surface area contributed by atoms with E-state index in [2.05, 4.69) is 10.0 Å². The number of sulfonamides is 1. The van der Waals surface area contributed by atoms with Crippen molar-refractivity contribution in [2.24, 2.45) is 0 Å². The van der Waals surface area contributed by atoms with Gasteiger partial charge in [0.05, 0.1) is 11.0 Å². The third kappa shape index (κ3) is 3.54. The maximum Gasteiger partial charge on any atom is 0.240 e. The standard InChI is InChI=1S/C13H20N2O3S/c1-14-9-10-4-3-5-13(6-10)19(16,17)15-11-7-12(8-11)18-2/h3-6,11-12,14-15H,7-9H2,1-2H3. The number of benzene rings is 1. The van der Waals surface area contributed by atoms with Crippen LogP contribution in [0.2, 0.25) is 0 Å². The number of methoxy groups -OCH3 is 1. The highest BCUT2D eigenvalue weighted by Crippen LogP contribution is 2.24. The zero-order valence-electron chi connectivity index (χ0n) is 11.2. The molecule has 0 aromatic heterocycles. The lowest BCUT2D eigenvalue weighted by molar-refractivity contribution is 0.0236. The first-order chi connectivity index (χ1) is 9.05. The molecule has 0 radical (unpaired) electrons. The van der Waals surface area contributed by atoms with Crippen molar-refractivity contribution >= 4 is 10.0 Å². The van der Waals surface area contributed by atoms with Gasteiger partial charge in [-0.3, -0.25) is 0 Å². The maximum absolute atomic E-state index is 12.2. The fourth-order valence-electron chi connectivity index (χ4n) is 2.17. The molecule has 0 atom stereocenters. The van der Waals surface area contributed by atoms with Gasteiger partial charge in [-0.1, -0.05) is 12.1 Å². The monoisotopic (exact) mass is 284 g/mol. The Kier molecular flexibility index (Phi) is 4.57. The second kappa shape index (κ2) is 6.00. The molecule has 1 aromatic carbocycles. The lowest BCUT2D eigenvalue weighted by Crippen LogP contribution is -2.47. The first-order valence-electron chi connectivity index (χ1n) is 6.34. The summed E-state index contributed by atoms with van der Waals surface area (Å²) in [6, 6.07) is 6.97. The van der Waals surface area contributed by atoms with Crippen molar-refractivity contribution in [3.05, 3.63) is 29.8 Å². The van der Waals surface area contributed by atoms with E-state index in [1.807, 2.05) is 13.1 Å². The summed E-state index contributed by atoms with van der Waals surface area (Å²) in [5.41, 5.74) is 0.953. The third-order valence-electron chi connectivity index (χ3n) is 3.34. The van der Waals surface area contributed by atoms with Gasteiger partial charge in [-0.2, -0.15) is 0 Å². The minimum Gasteiger partial charge on any atom is -0.381 e. The predicted octanol–water partition coefficient (Wildman–Crippen LogP) is 0.862. The van der Waals surface area contributed by atoms with Gasteiger partial charge in [-0.25, -0.2) is 13.1 Å². The van der Waals surface area contributed by atoms with Crippen LogP contribution < -0.4 is 10.0 Å². The van der Waals surface area contributed by atoms with E-state index in [9.17, 15) is 8.42 Å². The molecular weight excluding hydrogens is 264 g/mol. The van der Waals surface area contributed by atoms with E-state index in [1.54, 1.807) is 25.3 Å². The van der Waals surface area contributed by atoms with E-state index < -0.39 is 10.0 Å². The molecule has 1 aromatic rings. The molecule has 2 rings (SSSR count). The van der Waals surface area contributed by atoms with E-state index in [0.717, 1.165) is 18.4 Å². The molecule has 0 aliphatic heterocycles. The smallest absolute Gasteiger partial charge is 0.240 e. The molecule has 1 aliphatic rings. The lowest BCUT2D eigenvalue weighted by Gasteiger charge is -2.34. The van der Waals surface area contributed by atoms with Gasteiger partial charge >= 0.3 is 0 Å². The van der Waals surface area contributed by atoms with Crippen molar-refractivity contribution in [2.75, 3.05) is 14.2 Å². The van der Waals surface area contributed by atoms with Crippen LogP contribution in [0.1, 0.15) is 18.4 Å². The topological polar surface area (TPSA) is 67.4 Å². The molecule has 1 fully saturated rings. The third-order valence-corrected chi connectivity index (χ3v) is 4.86. The van der Waals surface area contributed by atoms with Crippen molar-refractivity contribution in [3.8, 4) is 0 Å². The Morgan fingerprint density at radius 1 is 1.37 bits per heavy atom. The number of ether oxygens (including phenoxy) is 1. The quantitative estimate of drug-likeness (QED) is 0.813. The minimum atomic E-state index is -3.43. The van der Waals surface area contributed by atoms with Gasteiger partial charge in [0.15, 0.2) is 0 Å². The van der Waals surface area contributed by atoms with Gasteiger partial charge in [0, 0.05) is 19.7 Å².